The third-order valence-electron chi connectivity index (χ3n) is 1.90. The van der Waals surface area contributed by atoms with Crippen LogP contribution >= 0.6 is 12.4 Å². The fraction of sp³-hybridized carbons (Fsp3) is 0. The molecule has 0 radical (unpaired) electrons. The first-order valence-corrected chi connectivity index (χ1v) is 3.92. The highest BCUT2D eigenvalue weighted by Crippen LogP contribution is 2.14. The molecule has 0 bridgehead atoms. The van der Waals surface area contributed by atoms with Crippen LogP contribution in [-0.4, -0.2) is 10.9 Å². The van der Waals surface area contributed by atoms with Crippen molar-refractivity contribution >= 4 is 29.2 Å². The van der Waals surface area contributed by atoms with Gasteiger partial charge in [0.25, 0.3) is 5.91 Å². The molecule has 2 N–H and O–H groups in total. The molecule has 0 fully saturated rings. The molecule has 0 atom stereocenters. The van der Waals surface area contributed by atoms with Gasteiger partial charge in [0.1, 0.15) is 0 Å². The topological polar surface area (TPSA) is 56.0 Å². The van der Waals surface area contributed by atoms with Gasteiger partial charge < -0.3 is 5.73 Å². The van der Waals surface area contributed by atoms with Crippen molar-refractivity contribution in [3.63, 3.8) is 0 Å². The van der Waals surface area contributed by atoms with E-state index in [1.807, 2.05) is 18.2 Å². The van der Waals surface area contributed by atoms with Gasteiger partial charge in [0, 0.05) is 11.6 Å². The molecule has 1 amide bonds. The quantitative estimate of drug-likeness (QED) is 0.777. The Balaban J connectivity index is 0.000000980. The first-order chi connectivity index (χ1) is 6.29. The van der Waals surface area contributed by atoms with Gasteiger partial charge in [0.05, 0.1) is 11.1 Å². The number of nitrogens with zero attached hydrogens (tertiary/aromatic N) is 1. The number of halogens is 1. The molecule has 0 spiro atoms. The van der Waals surface area contributed by atoms with Crippen LogP contribution < -0.4 is 5.73 Å². The number of hydrogen-bond acceptors (Lipinski definition) is 2. The lowest BCUT2D eigenvalue weighted by atomic mass is 10.1. The first kappa shape index (κ1) is 10.5. The van der Waals surface area contributed by atoms with Crippen LogP contribution in [0.15, 0.2) is 36.5 Å². The van der Waals surface area contributed by atoms with Crippen LogP contribution in [0.1, 0.15) is 10.4 Å². The van der Waals surface area contributed by atoms with E-state index in [2.05, 4.69) is 4.98 Å². The third kappa shape index (κ3) is 1.67. The van der Waals surface area contributed by atoms with E-state index in [1.54, 1.807) is 18.3 Å². The van der Waals surface area contributed by atoms with Gasteiger partial charge in [-0.3, -0.25) is 9.78 Å². The van der Waals surface area contributed by atoms with Crippen molar-refractivity contribution in [1.29, 1.82) is 0 Å². The summed E-state index contributed by atoms with van der Waals surface area (Å²) in [5.74, 6) is -0.440. The number of carbonyl (C=O) groups excluding carboxylic acids is 1. The maximum atomic E-state index is 11.0. The Morgan fingerprint density at radius 2 is 1.93 bits per heavy atom. The molecule has 14 heavy (non-hydrogen) atoms. The summed E-state index contributed by atoms with van der Waals surface area (Å²) in [6, 6.07) is 9.10. The van der Waals surface area contributed by atoms with Gasteiger partial charge >= 0.3 is 0 Å². The molecule has 0 aliphatic heterocycles. The number of aromatic nitrogens is 1. The average Bonchev–Trinajstić information content (AvgIpc) is 2.17. The predicted octanol–water partition coefficient (Wildman–Crippen LogP) is 1.76. The Kier molecular flexibility index (Phi) is 3.04. The van der Waals surface area contributed by atoms with E-state index < -0.39 is 5.91 Å². The normalized spacial score (nSPS) is 9.43. The number of hydrogen-bond donors (Lipinski definition) is 1. The molecule has 1 aromatic carbocycles. The van der Waals surface area contributed by atoms with Gasteiger partial charge in [-0.05, 0) is 12.1 Å². The van der Waals surface area contributed by atoms with Gasteiger partial charge in [-0.1, -0.05) is 18.2 Å². The Morgan fingerprint density at radius 1 is 1.21 bits per heavy atom. The lowest BCUT2D eigenvalue weighted by Crippen LogP contribution is -2.11. The largest absolute Gasteiger partial charge is 0.366 e. The number of carbonyl (C=O) groups is 1. The van der Waals surface area contributed by atoms with Crippen LogP contribution in [0.4, 0.5) is 0 Å². The van der Waals surface area contributed by atoms with Crippen molar-refractivity contribution in [2.75, 3.05) is 0 Å². The van der Waals surface area contributed by atoms with Gasteiger partial charge in [0.15, 0.2) is 0 Å². The number of nitrogens with two attached hydrogens (primary N) is 1. The maximum absolute atomic E-state index is 11.0. The summed E-state index contributed by atoms with van der Waals surface area (Å²) in [5, 5.41) is 0.929. The molecule has 2 aromatic rings. The number of para-hydroxylation sites is 1. The summed E-state index contributed by atoms with van der Waals surface area (Å²) in [4.78, 5) is 15.1. The summed E-state index contributed by atoms with van der Waals surface area (Å²) < 4.78 is 0. The van der Waals surface area contributed by atoms with Crippen LogP contribution in [0.5, 0.6) is 0 Å². The second-order valence-electron chi connectivity index (χ2n) is 2.74. The molecule has 0 saturated heterocycles. The number of benzene rings is 1. The van der Waals surface area contributed by atoms with Crippen LogP contribution in [0.2, 0.25) is 0 Å². The molecular formula is C10H9ClN2O. The van der Waals surface area contributed by atoms with Crippen LogP contribution in [0.3, 0.4) is 0 Å². The summed E-state index contributed by atoms with van der Waals surface area (Å²) in [6.07, 6.45) is 1.65. The molecule has 0 unspecified atom stereocenters. The van der Waals surface area contributed by atoms with Crippen molar-refractivity contribution in [1.82, 2.24) is 4.98 Å². The van der Waals surface area contributed by atoms with Crippen molar-refractivity contribution in [3.8, 4) is 0 Å². The lowest BCUT2D eigenvalue weighted by Gasteiger charge is -2.00. The molecule has 3 nitrogen and oxygen atoms in total. The molecule has 0 aliphatic rings. The minimum absolute atomic E-state index is 0. The molecule has 2 rings (SSSR count). The third-order valence-corrected chi connectivity index (χ3v) is 1.90. The standard InChI is InChI=1S/C10H8N2O.ClH/c11-10(13)8-5-1-3-7-4-2-6-12-9(7)8;/h1-6H,(H2,11,13);1H. The molecule has 0 aliphatic carbocycles. The molecule has 72 valence electrons. The zero-order valence-electron chi connectivity index (χ0n) is 7.31. The van der Waals surface area contributed by atoms with Crippen molar-refractivity contribution in [2.24, 2.45) is 5.73 Å². The molecular weight excluding hydrogens is 200 g/mol. The number of amides is 1. The molecule has 4 heteroatoms. The Hall–Kier alpha value is -1.61. The van der Waals surface area contributed by atoms with E-state index in [1.165, 1.54) is 0 Å². The van der Waals surface area contributed by atoms with E-state index in [0.29, 0.717) is 11.1 Å². The van der Waals surface area contributed by atoms with E-state index >= 15 is 0 Å². The second kappa shape index (κ2) is 4.07. The summed E-state index contributed by atoms with van der Waals surface area (Å²) >= 11 is 0. The zero-order chi connectivity index (χ0) is 9.26. The molecule has 1 aromatic heterocycles. The van der Waals surface area contributed by atoms with E-state index in [0.717, 1.165) is 5.39 Å². The highest BCUT2D eigenvalue weighted by molar-refractivity contribution is 6.04. The highest BCUT2D eigenvalue weighted by atomic mass is 35.5. The summed E-state index contributed by atoms with van der Waals surface area (Å²) in [7, 11) is 0. The van der Waals surface area contributed by atoms with Gasteiger partial charge in [-0.15, -0.1) is 12.4 Å². The second-order valence-corrected chi connectivity index (χ2v) is 2.74. The van der Waals surface area contributed by atoms with Crippen molar-refractivity contribution in [2.45, 2.75) is 0 Å². The predicted molar refractivity (Wildman–Crippen MR) is 57.5 cm³/mol. The van der Waals surface area contributed by atoms with E-state index in [-0.39, 0.29) is 12.4 Å². The maximum Gasteiger partial charge on any atom is 0.250 e. The Bertz CT molecular complexity index is 465. The Morgan fingerprint density at radius 3 is 2.64 bits per heavy atom. The van der Waals surface area contributed by atoms with Crippen LogP contribution in [-0.2, 0) is 0 Å². The van der Waals surface area contributed by atoms with E-state index in [9.17, 15) is 4.79 Å². The molecule has 0 saturated carbocycles. The van der Waals surface area contributed by atoms with Crippen molar-refractivity contribution < 1.29 is 4.79 Å². The van der Waals surface area contributed by atoms with Crippen molar-refractivity contribution in [3.05, 3.63) is 42.1 Å². The smallest absolute Gasteiger partial charge is 0.250 e. The van der Waals surface area contributed by atoms with Gasteiger partial charge in [-0.2, -0.15) is 0 Å². The number of primary amides is 1. The van der Waals surface area contributed by atoms with Crippen LogP contribution in [0, 0.1) is 0 Å². The number of pyridine rings is 1. The Labute approximate surface area is 87.4 Å². The fourth-order valence-corrected chi connectivity index (χ4v) is 1.30. The SMILES string of the molecule is Cl.NC(=O)c1cccc2cccnc12. The van der Waals surface area contributed by atoms with Crippen LogP contribution in [0.25, 0.3) is 10.9 Å². The fourth-order valence-electron chi connectivity index (χ4n) is 1.30. The average molecular weight is 209 g/mol. The molecule has 1 heterocycles. The summed E-state index contributed by atoms with van der Waals surface area (Å²) in [6.45, 7) is 0. The number of fused-ring (bicyclic) bond motifs is 1. The van der Waals surface area contributed by atoms with E-state index in [4.69, 9.17) is 5.73 Å². The van der Waals surface area contributed by atoms with Gasteiger partial charge in [0.2, 0.25) is 0 Å². The highest BCUT2D eigenvalue weighted by Gasteiger charge is 2.05. The lowest BCUT2D eigenvalue weighted by molar-refractivity contribution is 0.100. The minimum atomic E-state index is -0.440. The zero-order valence-corrected chi connectivity index (χ0v) is 8.12. The minimum Gasteiger partial charge on any atom is -0.366 e. The number of rotatable bonds is 1. The van der Waals surface area contributed by atoms with Gasteiger partial charge in [-0.25, -0.2) is 0 Å². The monoisotopic (exact) mass is 208 g/mol. The first-order valence-electron chi connectivity index (χ1n) is 3.92. The summed E-state index contributed by atoms with van der Waals surface area (Å²) in [5.41, 5.74) is 6.34.